The Bertz CT molecular complexity index is 870. The van der Waals surface area contributed by atoms with Gasteiger partial charge in [0.1, 0.15) is 12.4 Å². The van der Waals surface area contributed by atoms with Gasteiger partial charge in [-0.05, 0) is 62.2 Å². The van der Waals surface area contributed by atoms with E-state index in [2.05, 4.69) is 64.2 Å². The van der Waals surface area contributed by atoms with Gasteiger partial charge in [-0.25, -0.2) is 0 Å². The molecule has 5 atom stereocenters. The van der Waals surface area contributed by atoms with Crippen molar-refractivity contribution in [1.82, 2.24) is 0 Å². The minimum Gasteiger partial charge on any atom is -0.411 e. The number of ether oxygens (including phenoxy) is 3. The van der Waals surface area contributed by atoms with E-state index in [1.54, 1.807) is 0 Å². The third-order valence-electron chi connectivity index (χ3n) is 10.0. The van der Waals surface area contributed by atoms with E-state index in [9.17, 15) is 4.79 Å². The van der Waals surface area contributed by atoms with Gasteiger partial charge in [0.2, 0.25) is 0 Å². The summed E-state index contributed by atoms with van der Waals surface area (Å²) in [4.78, 5) is 11.2. The summed E-state index contributed by atoms with van der Waals surface area (Å²) in [6, 6.07) is 10.5. The molecule has 246 valence electrons. The van der Waals surface area contributed by atoms with Gasteiger partial charge in [-0.15, -0.1) is 0 Å². The molecule has 1 aromatic rings. The fourth-order valence-corrected chi connectivity index (χ4v) is 7.64. The monoisotopic (exact) mass is 616 g/mol. The van der Waals surface area contributed by atoms with Crippen molar-refractivity contribution in [2.75, 3.05) is 6.61 Å². The first-order valence-corrected chi connectivity index (χ1v) is 20.7. The van der Waals surface area contributed by atoms with E-state index >= 15 is 0 Å². The number of hydrogen-bond acceptors (Lipinski definition) is 5. The molecular weight excluding hydrogens is 552 g/mol. The molecule has 0 saturated carbocycles. The topological polar surface area (TPSA) is 54.0 Å². The van der Waals surface area contributed by atoms with Gasteiger partial charge in [-0.1, -0.05) is 122 Å². The normalized spacial score (nSPS) is 23.6. The van der Waals surface area contributed by atoms with Crippen molar-refractivity contribution in [3.63, 3.8) is 0 Å². The fourth-order valence-electron chi connectivity index (χ4n) is 6.26. The van der Waals surface area contributed by atoms with Crippen LogP contribution in [0.5, 0.6) is 0 Å². The Kier molecular flexibility index (Phi) is 16.5. The number of rotatable bonds is 22. The summed E-state index contributed by atoms with van der Waals surface area (Å²) < 4.78 is 25.3. The summed E-state index contributed by atoms with van der Waals surface area (Å²) in [5.41, 5.74) is 1.26. The van der Waals surface area contributed by atoms with Crippen LogP contribution in [-0.2, 0) is 30.0 Å². The van der Waals surface area contributed by atoms with Crippen LogP contribution in [0, 0.1) is 0 Å². The predicted octanol–water partition coefficient (Wildman–Crippen LogP) is 9.96. The molecule has 0 spiro atoms. The van der Waals surface area contributed by atoms with E-state index in [4.69, 9.17) is 18.6 Å². The molecule has 0 amide bonds. The Hall–Kier alpha value is -1.05. The van der Waals surface area contributed by atoms with E-state index in [-0.39, 0.29) is 35.6 Å². The highest BCUT2D eigenvalue weighted by Crippen LogP contribution is 2.40. The average molecular weight is 617 g/mol. The molecule has 3 rings (SSSR count). The average Bonchev–Trinajstić information content (AvgIpc) is 3.66. The molecule has 6 heteroatoms. The van der Waals surface area contributed by atoms with Crippen LogP contribution in [0.15, 0.2) is 30.3 Å². The van der Waals surface area contributed by atoms with Gasteiger partial charge >= 0.3 is 0 Å². The van der Waals surface area contributed by atoms with Crippen LogP contribution >= 0.6 is 0 Å². The van der Waals surface area contributed by atoms with Crippen molar-refractivity contribution < 1.29 is 23.4 Å². The van der Waals surface area contributed by atoms with Crippen molar-refractivity contribution in [2.45, 2.75) is 185 Å². The Labute approximate surface area is 265 Å². The Balaban J connectivity index is 1.22. The zero-order chi connectivity index (χ0) is 31.0. The molecule has 2 heterocycles. The molecule has 0 bridgehead atoms. The summed E-state index contributed by atoms with van der Waals surface area (Å²) in [5.74, 6) is 0. The molecule has 0 unspecified atom stereocenters. The zero-order valence-electron chi connectivity index (χ0n) is 28.3. The van der Waals surface area contributed by atoms with Crippen molar-refractivity contribution in [2.24, 2.45) is 0 Å². The Morgan fingerprint density at radius 1 is 0.791 bits per heavy atom. The Morgan fingerprint density at radius 3 is 1.93 bits per heavy atom. The molecule has 2 aliphatic rings. The van der Waals surface area contributed by atoms with E-state index in [1.807, 2.05) is 0 Å². The maximum atomic E-state index is 11.2. The number of carbonyl (C=O) groups is 1. The van der Waals surface area contributed by atoms with Crippen molar-refractivity contribution in [3.8, 4) is 0 Å². The van der Waals surface area contributed by atoms with Crippen molar-refractivity contribution in [1.29, 1.82) is 0 Å². The molecule has 0 aliphatic carbocycles. The largest absolute Gasteiger partial charge is 0.411 e. The van der Waals surface area contributed by atoms with Crippen molar-refractivity contribution in [3.05, 3.63) is 35.9 Å². The standard InChI is InChI=1S/C37H64O5Si/c1-37(2,3)43(4,5)42-36(35-27-26-34(41-35)33-25-24-32(29-38)40-33)23-19-14-12-10-8-6-7-9-11-13-15-20-28-39-30-31-21-17-16-18-22-31/h16-18,21-22,29,32-36H,6-15,19-20,23-28,30H2,1-5H3/t32-,33-,34-,35-,36-/m1/s1. The lowest BCUT2D eigenvalue weighted by atomic mass is 10.0. The van der Waals surface area contributed by atoms with E-state index < -0.39 is 8.32 Å². The number of benzene rings is 1. The third kappa shape index (κ3) is 13.5. The minimum absolute atomic E-state index is 0.0680. The summed E-state index contributed by atoms with van der Waals surface area (Å²) in [7, 11) is -1.89. The van der Waals surface area contributed by atoms with Crippen LogP contribution < -0.4 is 0 Å². The summed E-state index contributed by atoms with van der Waals surface area (Å²) >= 11 is 0. The highest BCUT2D eigenvalue weighted by atomic mass is 28.4. The van der Waals surface area contributed by atoms with Gasteiger partial charge < -0.3 is 23.4 Å². The third-order valence-corrected chi connectivity index (χ3v) is 14.5. The fraction of sp³-hybridized carbons (Fsp3) is 0.811. The van der Waals surface area contributed by atoms with Gasteiger partial charge in [0.15, 0.2) is 8.32 Å². The maximum Gasteiger partial charge on any atom is 0.192 e. The van der Waals surface area contributed by atoms with E-state index in [0.717, 1.165) is 51.6 Å². The van der Waals surface area contributed by atoms with Gasteiger partial charge in [0.25, 0.3) is 0 Å². The highest BCUT2D eigenvalue weighted by Gasteiger charge is 2.44. The van der Waals surface area contributed by atoms with E-state index in [1.165, 1.54) is 82.6 Å². The predicted molar refractivity (Wildman–Crippen MR) is 180 cm³/mol. The van der Waals surface area contributed by atoms with Crippen LogP contribution in [0.4, 0.5) is 0 Å². The molecule has 1 aromatic carbocycles. The zero-order valence-corrected chi connectivity index (χ0v) is 29.3. The summed E-state index contributed by atoms with van der Waals surface area (Å²) in [6.45, 7) is 13.3. The maximum absolute atomic E-state index is 11.2. The van der Waals surface area contributed by atoms with Crippen LogP contribution in [0.2, 0.25) is 18.1 Å². The molecule has 2 aliphatic heterocycles. The van der Waals surface area contributed by atoms with Gasteiger partial charge in [0, 0.05) is 6.61 Å². The first-order chi connectivity index (χ1) is 20.7. The molecule has 0 aromatic heterocycles. The van der Waals surface area contributed by atoms with Crippen LogP contribution in [0.25, 0.3) is 0 Å². The smallest absolute Gasteiger partial charge is 0.192 e. The van der Waals surface area contributed by atoms with Crippen LogP contribution in [-0.4, -0.2) is 51.7 Å². The molecular formula is C37H64O5Si. The first-order valence-electron chi connectivity index (χ1n) is 17.8. The molecule has 2 fully saturated rings. The summed E-state index contributed by atoms with van der Waals surface area (Å²) in [6.07, 6.45) is 22.0. The molecule has 0 N–H and O–H groups in total. The quantitative estimate of drug-likeness (QED) is 0.0737. The van der Waals surface area contributed by atoms with Crippen LogP contribution in [0.3, 0.4) is 0 Å². The first kappa shape index (κ1) is 36.4. The molecule has 0 radical (unpaired) electrons. The number of hydrogen-bond donors (Lipinski definition) is 0. The number of aldehydes is 1. The van der Waals surface area contributed by atoms with Gasteiger partial charge in [0.05, 0.1) is 31.0 Å². The second-order valence-corrected chi connectivity index (χ2v) is 19.5. The lowest BCUT2D eigenvalue weighted by Gasteiger charge is -2.41. The lowest BCUT2D eigenvalue weighted by Crippen LogP contribution is -2.47. The van der Waals surface area contributed by atoms with E-state index in [0.29, 0.717) is 0 Å². The second-order valence-electron chi connectivity index (χ2n) is 14.7. The lowest BCUT2D eigenvalue weighted by molar-refractivity contribution is -0.123. The van der Waals surface area contributed by atoms with Crippen molar-refractivity contribution >= 4 is 14.6 Å². The SMILES string of the molecule is CC(C)(C)[Si](C)(C)O[C@H](CCCCCCCCCCCCCCOCc1ccccc1)[C@H]1CC[C@H]([C@H]2CC[C@H](C=O)O2)O1. The number of carbonyl (C=O) groups excluding carboxylic acids is 1. The van der Waals surface area contributed by atoms with Gasteiger partial charge in [-0.2, -0.15) is 0 Å². The highest BCUT2D eigenvalue weighted by molar-refractivity contribution is 6.74. The second kappa shape index (κ2) is 19.5. The van der Waals surface area contributed by atoms with Gasteiger partial charge in [-0.3, -0.25) is 0 Å². The molecule has 43 heavy (non-hydrogen) atoms. The minimum atomic E-state index is -1.89. The molecule has 5 nitrogen and oxygen atoms in total. The number of unbranched alkanes of at least 4 members (excludes halogenated alkanes) is 11. The Morgan fingerprint density at radius 2 is 1.35 bits per heavy atom. The summed E-state index contributed by atoms with van der Waals surface area (Å²) in [5, 5.41) is 0.186. The molecule has 2 saturated heterocycles. The van der Waals surface area contributed by atoms with Crippen LogP contribution in [0.1, 0.15) is 135 Å².